The highest BCUT2D eigenvalue weighted by Crippen LogP contribution is 2.49. The minimum absolute atomic E-state index is 0.00148. The topological polar surface area (TPSA) is 103 Å². The molecule has 1 unspecified atom stereocenters. The molecule has 2 aromatic carbocycles. The molecule has 2 atom stereocenters. The minimum atomic E-state index is -0.244. The Kier molecular flexibility index (Phi) is 6.85. The summed E-state index contributed by atoms with van der Waals surface area (Å²) in [7, 11) is 1.89. The van der Waals surface area contributed by atoms with Gasteiger partial charge in [-0.3, -0.25) is 9.69 Å². The number of aromatic hydroxyl groups is 1. The number of thiophene rings is 1. The predicted molar refractivity (Wildman–Crippen MR) is 165 cm³/mol. The van der Waals surface area contributed by atoms with Gasteiger partial charge in [0.15, 0.2) is 0 Å². The Balaban J connectivity index is 1.32. The molecule has 1 aliphatic heterocycles. The Morgan fingerprint density at radius 1 is 1.23 bits per heavy atom. The van der Waals surface area contributed by atoms with E-state index in [0.29, 0.717) is 19.7 Å². The van der Waals surface area contributed by atoms with E-state index in [2.05, 4.69) is 63.7 Å². The summed E-state index contributed by atoms with van der Waals surface area (Å²) in [4.78, 5) is 19.9. The van der Waals surface area contributed by atoms with Crippen LogP contribution in [0.5, 0.6) is 11.6 Å². The molecular weight excluding hydrogens is 562 g/mol. The summed E-state index contributed by atoms with van der Waals surface area (Å²) in [6.07, 6.45) is 2.21. The highest BCUT2D eigenvalue weighted by Gasteiger charge is 2.54. The molecule has 0 radical (unpaired) electrons. The van der Waals surface area contributed by atoms with E-state index < -0.39 is 0 Å². The quantitative estimate of drug-likeness (QED) is 0.228. The molecule has 1 saturated carbocycles. The normalized spacial score (nSPS) is 18.4. The van der Waals surface area contributed by atoms with Gasteiger partial charge in [0.1, 0.15) is 22.6 Å². The van der Waals surface area contributed by atoms with Gasteiger partial charge in [0.2, 0.25) is 5.88 Å². The van der Waals surface area contributed by atoms with Crippen LogP contribution in [0, 0.1) is 6.92 Å². The third-order valence-electron chi connectivity index (χ3n) is 9.19. The van der Waals surface area contributed by atoms with Crippen molar-refractivity contribution < 1.29 is 19.4 Å². The molecule has 0 bridgehead atoms. The number of rotatable bonds is 7. The van der Waals surface area contributed by atoms with Crippen LogP contribution in [0.4, 0.5) is 0 Å². The first-order valence-corrected chi connectivity index (χ1v) is 15.7. The Morgan fingerprint density at radius 3 is 2.86 bits per heavy atom. The van der Waals surface area contributed by atoms with Crippen LogP contribution in [-0.2, 0) is 29.7 Å². The van der Waals surface area contributed by atoms with Gasteiger partial charge in [-0.25, -0.2) is 9.67 Å². The highest BCUT2D eigenvalue weighted by atomic mass is 32.1. The minimum Gasteiger partial charge on any atom is -0.493 e. The molecule has 1 N–H and O–H groups in total. The van der Waals surface area contributed by atoms with Crippen molar-refractivity contribution in [3.05, 3.63) is 75.8 Å². The average molecular weight is 598 g/mol. The van der Waals surface area contributed by atoms with Crippen molar-refractivity contribution in [2.45, 2.75) is 70.7 Å². The maximum absolute atomic E-state index is 13.0. The van der Waals surface area contributed by atoms with Gasteiger partial charge in [0, 0.05) is 42.9 Å². The van der Waals surface area contributed by atoms with Gasteiger partial charge in [0.05, 0.1) is 18.5 Å². The number of hydrogen-bond acceptors (Lipinski definition) is 9. The van der Waals surface area contributed by atoms with Crippen LogP contribution in [0.3, 0.4) is 0 Å². The number of fused-ring (bicyclic) bond motifs is 3. The lowest BCUT2D eigenvalue weighted by molar-refractivity contribution is -0.143. The largest absolute Gasteiger partial charge is 0.493 e. The van der Waals surface area contributed by atoms with Gasteiger partial charge in [0.25, 0.3) is 0 Å². The predicted octanol–water partition coefficient (Wildman–Crippen LogP) is 5.99. The highest BCUT2D eigenvalue weighted by molar-refractivity contribution is 7.17. The Hall–Kier alpha value is -4.02. The molecule has 1 fully saturated rings. The number of carbonyl (C=O) groups is 1. The molecule has 3 aromatic heterocycles. The standard InChI is InChI=1S/C33H35N5O4S/c1-5-41-30(40)16-25(24-6-7-27-31(19(24)2)35-36-37(27)4)22-14-21-10-13-43-32(21)23(15-22)17-38-18-26-28(8-9-29(39)34-26)42-33(11-12-33)20(38)3/h6-10,13-15,20,25H,5,11-12,16-18H2,1-4H3,(H,34,39)/t20-,25?/m0/s1. The lowest BCUT2D eigenvalue weighted by Gasteiger charge is -2.32. The molecule has 10 heteroatoms. The molecule has 1 aliphatic carbocycles. The zero-order valence-electron chi connectivity index (χ0n) is 24.8. The van der Waals surface area contributed by atoms with E-state index in [4.69, 9.17) is 9.47 Å². The average Bonchev–Trinajstić information content (AvgIpc) is 3.46. The fraction of sp³-hybridized carbons (Fsp3) is 0.394. The van der Waals surface area contributed by atoms with Crippen molar-refractivity contribution in [3.63, 3.8) is 0 Å². The van der Waals surface area contributed by atoms with Crippen LogP contribution >= 0.6 is 11.3 Å². The van der Waals surface area contributed by atoms with E-state index >= 15 is 0 Å². The Labute approximate surface area is 254 Å². The van der Waals surface area contributed by atoms with Crippen LogP contribution < -0.4 is 4.74 Å². The molecule has 43 heavy (non-hydrogen) atoms. The van der Waals surface area contributed by atoms with E-state index in [1.165, 1.54) is 10.3 Å². The number of nitrogens with zero attached hydrogens (tertiary/aromatic N) is 5. The van der Waals surface area contributed by atoms with E-state index in [0.717, 1.165) is 57.4 Å². The Morgan fingerprint density at radius 2 is 2.07 bits per heavy atom. The summed E-state index contributed by atoms with van der Waals surface area (Å²) in [5, 5.41) is 22.1. The van der Waals surface area contributed by atoms with Crippen LogP contribution in [-0.4, -0.2) is 54.2 Å². The summed E-state index contributed by atoms with van der Waals surface area (Å²) < 4.78 is 15.0. The van der Waals surface area contributed by atoms with Crippen LogP contribution in [0.1, 0.15) is 67.0 Å². The van der Waals surface area contributed by atoms with Crippen LogP contribution in [0.25, 0.3) is 21.1 Å². The maximum Gasteiger partial charge on any atom is 0.306 e. The summed E-state index contributed by atoms with van der Waals surface area (Å²) in [6.45, 7) is 7.72. The monoisotopic (exact) mass is 597 g/mol. The van der Waals surface area contributed by atoms with Crippen molar-refractivity contribution in [1.29, 1.82) is 0 Å². The molecular formula is C33H35N5O4S. The first-order valence-electron chi connectivity index (χ1n) is 14.8. The summed E-state index contributed by atoms with van der Waals surface area (Å²) in [5.74, 6) is 0.313. The van der Waals surface area contributed by atoms with Crippen molar-refractivity contribution >= 4 is 38.4 Å². The molecule has 0 amide bonds. The molecule has 0 saturated heterocycles. The number of ether oxygens (including phenoxy) is 2. The molecule has 222 valence electrons. The van der Waals surface area contributed by atoms with Gasteiger partial charge in [-0.2, -0.15) is 0 Å². The fourth-order valence-electron chi connectivity index (χ4n) is 6.62. The number of esters is 1. The number of benzene rings is 2. The number of aromatic nitrogens is 4. The van der Waals surface area contributed by atoms with Gasteiger partial charge >= 0.3 is 5.97 Å². The fourth-order valence-corrected chi connectivity index (χ4v) is 7.51. The lowest BCUT2D eigenvalue weighted by Crippen LogP contribution is -2.43. The molecule has 4 heterocycles. The second-order valence-corrected chi connectivity index (χ2v) is 12.7. The zero-order chi connectivity index (χ0) is 29.9. The molecule has 5 aromatic rings. The van der Waals surface area contributed by atoms with Crippen molar-refractivity contribution in [2.24, 2.45) is 7.05 Å². The summed E-state index contributed by atoms with van der Waals surface area (Å²) in [5.41, 5.74) is 6.63. The van der Waals surface area contributed by atoms with E-state index in [9.17, 15) is 9.90 Å². The van der Waals surface area contributed by atoms with Gasteiger partial charge in [-0.05, 0) is 90.9 Å². The molecule has 9 nitrogen and oxygen atoms in total. The van der Waals surface area contributed by atoms with Gasteiger partial charge in [-0.1, -0.05) is 17.3 Å². The SMILES string of the molecule is CCOC(=O)CC(c1cc(CN2Cc3nc(O)ccc3OC3(CC3)[C@@H]2C)c2sccc2c1)c1ccc2c(nnn2C)c1C. The lowest BCUT2D eigenvalue weighted by atomic mass is 9.84. The van der Waals surface area contributed by atoms with Gasteiger partial charge in [-0.15, -0.1) is 16.4 Å². The number of aryl methyl sites for hydroxylation is 2. The van der Waals surface area contributed by atoms with Crippen molar-refractivity contribution in [1.82, 2.24) is 24.9 Å². The second-order valence-electron chi connectivity index (χ2n) is 11.8. The molecule has 1 spiro atoms. The number of pyridine rings is 1. The van der Waals surface area contributed by atoms with E-state index in [-0.39, 0.29) is 35.8 Å². The first-order chi connectivity index (χ1) is 20.8. The Bertz CT molecular complexity index is 1860. The third-order valence-corrected chi connectivity index (χ3v) is 10.2. The summed E-state index contributed by atoms with van der Waals surface area (Å²) in [6, 6.07) is 14.3. The van der Waals surface area contributed by atoms with Crippen LogP contribution in [0.2, 0.25) is 0 Å². The third kappa shape index (κ3) is 4.92. The van der Waals surface area contributed by atoms with E-state index in [1.54, 1.807) is 22.1 Å². The number of hydrogen-bond donors (Lipinski definition) is 1. The van der Waals surface area contributed by atoms with Crippen molar-refractivity contribution in [3.8, 4) is 11.6 Å². The van der Waals surface area contributed by atoms with Crippen LogP contribution in [0.15, 0.2) is 47.8 Å². The number of carbonyl (C=O) groups excluding carboxylic acids is 1. The van der Waals surface area contributed by atoms with Crippen molar-refractivity contribution in [2.75, 3.05) is 6.61 Å². The van der Waals surface area contributed by atoms with E-state index in [1.807, 2.05) is 26.1 Å². The molecule has 7 rings (SSSR count). The second kappa shape index (κ2) is 10.6. The van der Waals surface area contributed by atoms with Gasteiger partial charge < -0.3 is 14.6 Å². The first kappa shape index (κ1) is 27.8. The molecule has 2 aliphatic rings. The summed E-state index contributed by atoms with van der Waals surface area (Å²) >= 11 is 1.73. The zero-order valence-corrected chi connectivity index (χ0v) is 25.6. The smallest absolute Gasteiger partial charge is 0.306 e. The maximum atomic E-state index is 13.0.